The highest BCUT2D eigenvalue weighted by Gasteiger charge is 2.16. The maximum atomic E-state index is 2.35. The Bertz CT molecular complexity index is 103. The molecule has 0 saturated heterocycles. The van der Waals surface area contributed by atoms with Gasteiger partial charge >= 0.3 is 0 Å². The molecule has 2 unspecified atom stereocenters. The van der Waals surface area contributed by atoms with E-state index in [4.69, 9.17) is 0 Å². The molecule has 0 N–H and O–H groups in total. The summed E-state index contributed by atoms with van der Waals surface area (Å²) in [6.07, 6.45) is 2.70. The lowest BCUT2D eigenvalue weighted by Gasteiger charge is -2.24. The smallest absolute Gasteiger partial charge is 0.0275 e. The van der Waals surface area contributed by atoms with Gasteiger partial charge in [-0.3, -0.25) is 0 Å². The monoisotopic (exact) mass is 169 g/mol. The summed E-state index contributed by atoms with van der Waals surface area (Å²) in [7, 11) is 0. The lowest BCUT2D eigenvalue weighted by Crippen LogP contribution is -2.14. The Balaban J connectivity index is 3.85. The van der Waals surface area contributed by atoms with Crippen LogP contribution >= 0.6 is 0 Å². The number of hydrogen-bond donors (Lipinski definition) is 0. The lowest BCUT2D eigenvalue weighted by molar-refractivity contribution is 0.304. The van der Waals surface area contributed by atoms with E-state index in [1.807, 2.05) is 0 Å². The minimum absolute atomic E-state index is 0.803. The minimum Gasteiger partial charge on any atom is -0.0651 e. The zero-order valence-corrected chi connectivity index (χ0v) is 9.65. The van der Waals surface area contributed by atoms with Gasteiger partial charge in [0, 0.05) is 0 Å². The normalized spacial score (nSPS) is 17.0. The van der Waals surface area contributed by atoms with E-state index < -0.39 is 0 Å². The molecule has 0 amide bonds. The topological polar surface area (TPSA) is 0 Å². The first kappa shape index (κ1) is 12.0. The highest BCUT2D eigenvalue weighted by molar-refractivity contribution is 4.85. The van der Waals surface area contributed by atoms with Gasteiger partial charge in [-0.25, -0.2) is 0 Å². The van der Waals surface area contributed by atoms with E-state index in [1.165, 1.54) is 12.8 Å². The second kappa shape index (κ2) is 5.61. The highest BCUT2D eigenvalue weighted by atomic mass is 14.2. The van der Waals surface area contributed by atoms with Crippen LogP contribution in [0.2, 0.25) is 0 Å². The average molecular weight is 169 g/mol. The van der Waals surface area contributed by atoms with Crippen LogP contribution in [0, 0.1) is 23.7 Å². The van der Waals surface area contributed by atoms with Crippen LogP contribution in [0.3, 0.4) is 0 Å². The molecule has 0 aromatic rings. The first-order chi connectivity index (χ1) is 5.49. The number of rotatable bonds is 5. The Labute approximate surface area is 78.8 Å². The van der Waals surface area contributed by atoms with E-state index in [9.17, 15) is 0 Å². The molecule has 0 heterocycles. The van der Waals surface area contributed by atoms with E-state index in [2.05, 4.69) is 41.5 Å². The molecule has 0 aromatic heterocycles. The Morgan fingerprint density at radius 1 is 1.08 bits per heavy atom. The van der Waals surface area contributed by atoms with Crippen molar-refractivity contribution in [1.29, 1.82) is 0 Å². The van der Waals surface area contributed by atoms with Gasteiger partial charge in [-0.15, -0.1) is 0 Å². The molecule has 0 fully saturated rings. The summed E-state index contributed by atoms with van der Waals surface area (Å²) in [6, 6.07) is 0. The fourth-order valence-electron chi connectivity index (χ4n) is 1.60. The van der Waals surface area contributed by atoms with Gasteiger partial charge < -0.3 is 0 Å². The molecule has 0 nitrogen and oxygen atoms in total. The molecule has 0 aliphatic heterocycles. The van der Waals surface area contributed by atoms with Crippen molar-refractivity contribution in [2.24, 2.45) is 17.8 Å². The molecule has 0 saturated carbocycles. The molecule has 0 bridgehead atoms. The zero-order chi connectivity index (χ0) is 9.72. The summed E-state index contributed by atoms with van der Waals surface area (Å²) < 4.78 is 0. The van der Waals surface area contributed by atoms with Crippen molar-refractivity contribution in [3.63, 3.8) is 0 Å². The first-order valence-electron chi connectivity index (χ1n) is 5.29. The molecule has 73 valence electrons. The maximum absolute atomic E-state index is 2.35. The average Bonchev–Trinajstić information content (AvgIpc) is 1.98. The molecule has 0 heteroatoms. The molecular weight excluding hydrogens is 144 g/mol. The minimum atomic E-state index is 0.803. The summed E-state index contributed by atoms with van der Waals surface area (Å²) in [6.45, 7) is 13.8. The number of hydrogen-bond acceptors (Lipinski definition) is 0. The predicted octanol–water partition coefficient (Wildman–Crippen LogP) is 4.31. The Hall–Kier alpha value is 0. The van der Waals surface area contributed by atoms with Gasteiger partial charge in [-0.05, 0) is 30.1 Å². The third kappa shape index (κ3) is 4.13. The predicted molar refractivity (Wildman–Crippen MR) is 57.0 cm³/mol. The zero-order valence-electron chi connectivity index (χ0n) is 9.65. The van der Waals surface area contributed by atoms with Crippen molar-refractivity contribution >= 4 is 0 Å². The summed E-state index contributed by atoms with van der Waals surface area (Å²) in [4.78, 5) is 0. The van der Waals surface area contributed by atoms with Crippen LogP contribution < -0.4 is 0 Å². The summed E-state index contributed by atoms with van der Waals surface area (Å²) >= 11 is 0. The van der Waals surface area contributed by atoms with Crippen LogP contribution in [0.25, 0.3) is 0 Å². The van der Waals surface area contributed by atoms with Crippen LogP contribution in [-0.4, -0.2) is 0 Å². The van der Waals surface area contributed by atoms with Crippen LogP contribution in [-0.2, 0) is 0 Å². The van der Waals surface area contributed by atoms with Gasteiger partial charge in [0.2, 0.25) is 0 Å². The molecule has 0 spiro atoms. The van der Waals surface area contributed by atoms with E-state index in [0.717, 1.165) is 17.8 Å². The van der Waals surface area contributed by atoms with E-state index >= 15 is 0 Å². The Morgan fingerprint density at radius 2 is 1.58 bits per heavy atom. The maximum Gasteiger partial charge on any atom is -0.0275 e. The van der Waals surface area contributed by atoms with Gasteiger partial charge in [-0.2, -0.15) is 0 Å². The summed E-state index contributed by atoms with van der Waals surface area (Å²) in [5, 5.41) is 0. The summed E-state index contributed by atoms with van der Waals surface area (Å²) in [5.74, 6) is 4.14. The Morgan fingerprint density at radius 3 is 1.83 bits per heavy atom. The Kier molecular flexibility index (Phi) is 5.61. The largest absolute Gasteiger partial charge is 0.0651 e. The van der Waals surface area contributed by atoms with Crippen LogP contribution in [0.4, 0.5) is 0 Å². The van der Waals surface area contributed by atoms with Crippen LogP contribution in [0.15, 0.2) is 0 Å². The molecule has 0 rings (SSSR count). The molecule has 0 aromatic carbocycles. The van der Waals surface area contributed by atoms with Gasteiger partial charge in [0.1, 0.15) is 0 Å². The summed E-state index contributed by atoms with van der Waals surface area (Å²) in [5.41, 5.74) is 0. The first-order valence-corrected chi connectivity index (χ1v) is 5.29. The fraction of sp³-hybridized carbons (Fsp3) is 0.917. The molecule has 0 aliphatic carbocycles. The van der Waals surface area contributed by atoms with Crippen molar-refractivity contribution in [2.75, 3.05) is 0 Å². The molecule has 1 radical (unpaired) electrons. The fourth-order valence-corrected chi connectivity index (χ4v) is 1.60. The van der Waals surface area contributed by atoms with E-state index in [0.29, 0.717) is 0 Å². The van der Waals surface area contributed by atoms with Gasteiger partial charge in [0.05, 0.1) is 0 Å². The van der Waals surface area contributed by atoms with Crippen molar-refractivity contribution in [3.8, 4) is 0 Å². The van der Waals surface area contributed by atoms with Crippen molar-refractivity contribution < 1.29 is 0 Å². The van der Waals surface area contributed by atoms with E-state index in [1.54, 1.807) is 5.92 Å². The van der Waals surface area contributed by atoms with E-state index in [-0.39, 0.29) is 0 Å². The van der Waals surface area contributed by atoms with Crippen LogP contribution in [0.1, 0.15) is 54.4 Å². The quantitative estimate of drug-likeness (QED) is 0.575. The second-order valence-corrected chi connectivity index (χ2v) is 4.63. The standard InChI is InChI=1S/C12H25/c1-7-12(10(4)5)8-11(6)9(2)3/h10-12H,7-8H2,1-6H3. The van der Waals surface area contributed by atoms with Crippen molar-refractivity contribution in [2.45, 2.75) is 54.4 Å². The van der Waals surface area contributed by atoms with Gasteiger partial charge in [0.25, 0.3) is 0 Å². The molecule has 0 aliphatic rings. The second-order valence-electron chi connectivity index (χ2n) is 4.63. The van der Waals surface area contributed by atoms with Crippen molar-refractivity contribution in [3.05, 3.63) is 5.92 Å². The van der Waals surface area contributed by atoms with Crippen molar-refractivity contribution in [1.82, 2.24) is 0 Å². The van der Waals surface area contributed by atoms with Gasteiger partial charge in [-0.1, -0.05) is 48.0 Å². The third-order valence-electron chi connectivity index (χ3n) is 3.11. The van der Waals surface area contributed by atoms with Gasteiger partial charge in [0.15, 0.2) is 0 Å². The molecule has 12 heavy (non-hydrogen) atoms. The lowest BCUT2D eigenvalue weighted by atomic mass is 9.81. The highest BCUT2D eigenvalue weighted by Crippen LogP contribution is 2.27. The molecular formula is C12H25. The third-order valence-corrected chi connectivity index (χ3v) is 3.11. The van der Waals surface area contributed by atoms with Crippen LogP contribution in [0.5, 0.6) is 0 Å². The SMILES string of the molecule is CCC(CC(C)[C](C)C)C(C)C. The molecule has 2 atom stereocenters.